The third-order valence-corrected chi connectivity index (χ3v) is 7.23. The molecule has 17 heavy (non-hydrogen) atoms. The molecule has 3 aliphatic carbocycles. The number of halogens is 2. The van der Waals surface area contributed by atoms with E-state index in [9.17, 15) is 0 Å². The van der Waals surface area contributed by atoms with Gasteiger partial charge in [-0.15, -0.1) is 0 Å². The Morgan fingerprint density at radius 2 is 1.94 bits per heavy atom. The van der Waals surface area contributed by atoms with Crippen LogP contribution in [-0.2, 0) is 0 Å². The first-order valence-corrected chi connectivity index (χ1v) is 8.86. The Morgan fingerprint density at radius 3 is 2.71 bits per heavy atom. The summed E-state index contributed by atoms with van der Waals surface area (Å²) in [5.41, 5.74) is 0.511. The first kappa shape index (κ1) is 12.9. The lowest BCUT2D eigenvalue weighted by molar-refractivity contribution is 0.186. The van der Waals surface area contributed by atoms with Gasteiger partial charge in [-0.25, -0.2) is 0 Å². The molecule has 0 spiro atoms. The molecule has 94 valence electrons. The van der Waals surface area contributed by atoms with Crippen LogP contribution in [0.5, 0.6) is 0 Å². The van der Waals surface area contributed by atoms with Crippen molar-refractivity contribution in [3.8, 4) is 0 Å². The highest BCUT2D eigenvalue weighted by Crippen LogP contribution is 2.62. The van der Waals surface area contributed by atoms with Gasteiger partial charge in [0.2, 0.25) is 0 Å². The van der Waals surface area contributed by atoms with Gasteiger partial charge in [-0.3, -0.25) is 0 Å². The molecule has 4 unspecified atom stereocenters. The third kappa shape index (κ3) is 2.05. The van der Waals surface area contributed by atoms with Crippen molar-refractivity contribution in [2.45, 2.75) is 39.5 Å². The van der Waals surface area contributed by atoms with Gasteiger partial charge in [-0.1, -0.05) is 26.0 Å². The van der Waals surface area contributed by atoms with Gasteiger partial charge in [0.25, 0.3) is 0 Å². The van der Waals surface area contributed by atoms with Gasteiger partial charge < -0.3 is 0 Å². The normalized spacial score (nSPS) is 43.5. The van der Waals surface area contributed by atoms with Gasteiger partial charge in [0.05, 0.1) is 0 Å². The molecule has 0 nitrogen and oxygen atoms in total. The smallest absolute Gasteiger partial charge is 0.0131 e. The van der Waals surface area contributed by atoms with Gasteiger partial charge >= 0.3 is 0 Å². The Balaban J connectivity index is 1.98. The molecule has 4 atom stereocenters. The fraction of sp³-hybridized carbons (Fsp3) is 0.733. The summed E-state index contributed by atoms with van der Waals surface area (Å²) in [4.78, 5) is 0. The Morgan fingerprint density at radius 1 is 1.18 bits per heavy atom. The van der Waals surface area contributed by atoms with Crippen LogP contribution >= 0.6 is 45.2 Å². The van der Waals surface area contributed by atoms with Crippen LogP contribution in [-0.4, -0.2) is 0 Å². The van der Waals surface area contributed by atoms with E-state index in [-0.39, 0.29) is 0 Å². The van der Waals surface area contributed by atoms with E-state index in [0.29, 0.717) is 5.41 Å². The predicted molar refractivity (Wildman–Crippen MR) is 90.4 cm³/mol. The summed E-state index contributed by atoms with van der Waals surface area (Å²) in [6.45, 7) is 5.05. The number of hydrogen-bond acceptors (Lipinski definition) is 0. The van der Waals surface area contributed by atoms with Gasteiger partial charge in [0.1, 0.15) is 0 Å². The molecule has 0 aliphatic heterocycles. The van der Waals surface area contributed by atoms with Crippen molar-refractivity contribution in [3.05, 3.63) is 19.3 Å². The van der Waals surface area contributed by atoms with Crippen molar-refractivity contribution in [1.82, 2.24) is 0 Å². The van der Waals surface area contributed by atoms with Gasteiger partial charge in [0.15, 0.2) is 0 Å². The van der Waals surface area contributed by atoms with E-state index >= 15 is 0 Å². The van der Waals surface area contributed by atoms with E-state index in [1.165, 1.54) is 25.7 Å². The zero-order valence-electron chi connectivity index (χ0n) is 10.5. The summed E-state index contributed by atoms with van der Waals surface area (Å²) in [7, 11) is 0. The van der Waals surface area contributed by atoms with E-state index in [4.69, 9.17) is 0 Å². The fourth-order valence-corrected chi connectivity index (χ4v) is 5.97. The third-order valence-electron chi connectivity index (χ3n) is 5.45. The van der Waals surface area contributed by atoms with Crippen LogP contribution in [0.4, 0.5) is 0 Å². The molecule has 0 amide bonds. The van der Waals surface area contributed by atoms with E-state index in [1.54, 1.807) is 7.16 Å². The molecule has 0 bridgehead atoms. The Bertz CT molecular complexity index is 392. The maximum absolute atomic E-state index is 2.61. The van der Waals surface area contributed by atoms with E-state index in [2.05, 4.69) is 71.2 Å². The Hall–Kier alpha value is 0.940. The number of hydrogen-bond donors (Lipinski definition) is 0. The maximum atomic E-state index is 2.61. The summed E-state index contributed by atoms with van der Waals surface area (Å²) >= 11 is 5.11. The monoisotopic (exact) mass is 454 g/mol. The molecule has 3 aliphatic rings. The van der Waals surface area contributed by atoms with Crippen molar-refractivity contribution < 1.29 is 0 Å². The lowest BCUT2D eigenvalue weighted by Gasteiger charge is -2.35. The van der Waals surface area contributed by atoms with Gasteiger partial charge in [0, 0.05) is 0 Å². The second-order valence-electron chi connectivity index (χ2n) is 6.52. The van der Waals surface area contributed by atoms with E-state index in [0.717, 1.165) is 23.7 Å². The minimum Gasteiger partial charge on any atom is -0.0749 e. The number of fused-ring (bicyclic) bond motifs is 3. The Kier molecular flexibility index (Phi) is 3.42. The average molecular weight is 454 g/mol. The zero-order chi connectivity index (χ0) is 12.2. The molecule has 0 saturated heterocycles. The molecule has 3 rings (SSSR count). The highest BCUT2D eigenvalue weighted by Gasteiger charge is 2.54. The van der Waals surface area contributed by atoms with Crippen molar-refractivity contribution in [3.63, 3.8) is 0 Å². The van der Waals surface area contributed by atoms with Crippen molar-refractivity contribution >= 4 is 45.2 Å². The molecule has 1 saturated carbocycles. The molecule has 0 aromatic carbocycles. The molecule has 2 heteroatoms. The van der Waals surface area contributed by atoms with Crippen LogP contribution < -0.4 is 0 Å². The van der Waals surface area contributed by atoms with Gasteiger partial charge in [-0.2, -0.15) is 0 Å². The zero-order valence-corrected chi connectivity index (χ0v) is 14.9. The minimum absolute atomic E-state index is 0.511. The van der Waals surface area contributed by atoms with Crippen LogP contribution in [0.2, 0.25) is 0 Å². The quantitative estimate of drug-likeness (QED) is 0.411. The molecule has 0 radical (unpaired) electrons. The molecular weight excluding hydrogens is 434 g/mol. The molecule has 0 aromatic rings. The van der Waals surface area contributed by atoms with Crippen molar-refractivity contribution in [2.24, 2.45) is 29.1 Å². The molecule has 0 N–H and O–H groups in total. The highest BCUT2D eigenvalue weighted by molar-refractivity contribution is 14.1. The summed E-state index contributed by atoms with van der Waals surface area (Å²) in [5.74, 6) is 3.70. The largest absolute Gasteiger partial charge is 0.0749 e. The molecule has 1 fully saturated rings. The molecule has 0 aromatic heterocycles. The fourth-order valence-electron chi connectivity index (χ4n) is 4.54. The van der Waals surface area contributed by atoms with Crippen molar-refractivity contribution in [2.75, 3.05) is 0 Å². The SMILES string of the molecule is CC1(C)C2C=C(I)CCC2C2CC=C(I)CC21. The predicted octanol–water partition coefficient (Wildman–Crippen LogP) is 5.72. The first-order valence-electron chi connectivity index (χ1n) is 6.71. The Labute approximate surface area is 132 Å². The van der Waals surface area contributed by atoms with Crippen LogP contribution in [0.15, 0.2) is 19.3 Å². The average Bonchev–Trinajstić information content (AvgIpc) is 2.49. The van der Waals surface area contributed by atoms with Crippen LogP contribution in [0.1, 0.15) is 39.5 Å². The van der Waals surface area contributed by atoms with Crippen LogP contribution in [0, 0.1) is 29.1 Å². The summed E-state index contributed by atoms with van der Waals surface area (Å²) < 4.78 is 3.22. The van der Waals surface area contributed by atoms with Crippen molar-refractivity contribution in [1.29, 1.82) is 0 Å². The summed E-state index contributed by atoms with van der Waals surface area (Å²) in [5, 5.41) is 0. The van der Waals surface area contributed by atoms with Crippen LogP contribution in [0.25, 0.3) is 0 Å². The standard InChI is InChI=1S/C15H20I2/c1-15(2)13-7-9(16)3-5-11(13)12-6-4-10(17)8-14(12)15/h3,8,11-14H,4-7H2,1-2H3. The second kappa shape index (κ2) is 4.50. The lowest BCUT2D eigenvalue weighted by atomic mass is 9.70. The highest BCUT2D eigenvalue weighted by atomic mass is 127. The summed E-state index contributed by atoms with van der Waals surface area (Å²) in [6.07, 6.45) is 10.6. The topological polar surface area (TPSA) is 0 Å². The molecule has 0 heterocycles. The van der Waals surface area contributed by atoms with Crippen LogP contribution in [0.3, 0.4) is 0 Å². The van der Waals surface area contributed by atoms with Gasteiger partial charge in [-0.05, 0) is 107 Å². The number of allylic oxidation sites excluding steroid dienone is 4. The second-order valence-corrected chi connectivity index (χ2v) is 9.30. The maximum Gasteiger partial charge on any atom is -0.0131 e. The lowest BCUT2D eigenvalue weighted by Crippen LogP contribution is -2.27. The van der Waals surface area contributed by atoms with E-state index < -0.39 is 0 Å². The molecular formula is C15H20I2. The number of rotatable bonds is 0. The van der Waals surface area contributed by atoms with E-state index in [1.807, 2.05) is 0 Å². The first-order chi connectivity index (χ1) is 8.00. The summed E-state index contributed by atoms with van der Waals surface area (Å²) in [6, 6.07) is 0. The minimum atomic E-state index is 0.511.